The molecule has 130 valence electrons. The van der Waals surface area contributed by atoms with Crippen molar-refractivity contribution in [2.75, 3.05) is 31.6 Å². The van der Waals surface area contributed by atoms with E-state index in [1.54, 1.807) is 14.0 Å². The summed E-state index contributed by atoms with van der Waals surface area (Å²) in [6, 6.07) is 8.55. The number of hydrogen-bond acceptors (Lipinski definition) is 5. The number of aliphatic imine (C=N–C) groups is 1. The molecule has 0 radical (unpaired) electrons. The van der Waals surface area contributed by atoms with Crippen LogP contribution in [-0.4, -0.2) is 42.8 Å². The van der Waals surface area contributed by atoms with Gasteiger partial charge in [-0.15, -0.1) is 0 Å². The molecule has 0 fully saturated rings. The zero-order valence-electron chi connectivity index (χ0n) is 14.8. The minimum atomic E-state index is 0.479. The fourth-order valence-electron chi connectivity index (χ4n) is 2.40. The Morgan fingerprint density at radius 1 is 1.29 bits per heavy atom. The lowest BCUT2D eigenvalue weighted by Crippen LogP contribution is -2.41. The molecule has 2 rings (SSSR count). The van der Waals surface area contributed by atoms with Crippen molar-refractivity contribution < 1.29 is 4.52 Å². The quantitative estimate of drug-likeness (QED) is 0.596. The van der Waals surface area contributed by atoms with Gasteiger partial charge in [-0.1, -0.05) is 17.3 Å². The van der Waals surface area contributed by atoms with Gasteiger partial charge in [0.2, 0.25) is 5.89 Å². The number of aryl methyl sites for hydroxylation is 2. The molecule has 0 saturated carbocycles. The number of hydrogen-bond donors (Lipinski definition) is 2. The van der Waals surface area contributed by atoms with Gasteiger partial charge in [0.15, 0.2) is 11.8 Å². The van der Waals surface area contributed by atoms with E-state index < -0.39 is 0 Å². The predicted octanol–water partition coefficient (Wildman–Crippen LogP) is 1.88. The predicted molar refractivity (Wildman–Crippen MR) is 96.3 cm³/mol. The van der Waals surface area contributed by atoms with Crippen molar-refractivity contribution in [3.05, 3.63) is 41.5 Å². The number of rotatable bonds is 7. The van der Waals surface area contributed by atoms with Crippen LogP contribution >= 0.6 is 0 Å². The van der Waals surface area contributed by atoms with Gasteiger partial charge in [-0.05, 0) is 31.5 Å². The number of nitrogens with zero attached hydrogens (tertiary/aromatic N) is 4. The van der Waals surface area contributed by atoms with E-state index in [4.69, 9.17) is 4.52 Å². The first-order valence-corrected chi connectivity index (χ1v) is 8.17. The molecule has 0 saturated heterocycles. The van der Waals surface area contributed by atoms with Crippen molar-refractivity contribution >= 4 is 11.6 Å². The molecule has 24 heavy (non-hydrogen) atoms. The molecule has 0 spiro atoms. The molecule has 0 atom stereocenters. The Morgan fingerprint density at radius 2 is 2.12 bits per heavy atom. The van der Waals surface area contributed by atoms with E-state index >= 15 is 0 Å². The average molecular weight is 330 g/mol. The standard InChI is InChI=1S/C17H26N6O/c1-5-23(15-8-6-7-13(2)11-15)10-9-19-17(18-4)20-12-16-21-14(3)24-22-16/h6-8,11H,5,9-10,12H2,1-4H3,(H2,18,19,20). The van der Waals surface area contributed by atoms with Gasteiger partial charge in [-0.3, -0.25) is 4.99 Å². The van der Waals surface area contributed by atoms with Crippen molar-refractivity contribution in [2.24, 2.45) is 4.99 Å². The van der Waals surface area contributed by atoms with Crippen LogP contribution in [0, 0.1) is 13.8 Å². The highest BCUT2D eigenvalue weighted by atomic mass is 16.5. The minimum absolute atomic E-state index is 0.479. The van der Waals surface area contributed by atoms with E-state index in [9.17, 15) is 0 Å². The number of benzene rings is 1. The number of guanidine groups is 1. The smallest absolute Gasteiger partial charge is 0.223 e. The lowest BCUT2D eigenvalue weighted by molar-refractivity contribution is 0.387. The Bertz CT molecular complexity index is 667. The molecule has 1 aromatic carbocycles. The van der Waals surface area contributed by atoms with Crippen LogP contribution < -0.4 is 15.5 Å². The van der Waals surface area contributed by atoms with E-state index in [1.807, 2.05) is 0 Å². The van der Waals surface area contributed by atoms with Crippen LogP contribution in [-0.2, 0) is 6.54 Å². The third-order valence-electron chi connectivity index (χ3n) is 3.63. The number of nitrogens with one attached hydrogen (secondary N) is 2. The van der Waals surface area contributed by atoms with Crippen LogP contribution in [0.4, 0.5) is 5.69 Å². The zero-order valence-corrected chi connectivity index (χ0v) is 14.8. The van der Waals surface area contributed by atoms with Crippen molar-refractivity contribution in [1.29, 1.82) is 0 Å². The number of aromatic nitrogens is 2. The van der Waals surface area contributed by atoms with Crippen LogP contribution in [0.3, 0.4) is 0 Å². The van der Waals surface area contributed by atoms with Crippen LogP contribution in [0.2, 0.25) is 0 Å². The monoisotopic (exact) mass is 330 g/mol. The van der Waals surface area contributed by atoms with Gasteiger partial charge >= 0.3 is 0 Å². The van der Waals surface area contributed by atoms with Gasteiger partial charge < -0.3 is 20.1 Å². The highest BCUT2D eigenvalue weighted by Crippen LogP contribution is 2.14. The largest absolute Gasteiger partial charge is 0.370 e. The van der Waals surface area contributed by atoms with Crippen LogP contribution in [0.5, 0.6) is 0 Å². The summed E-state index contributed by atoms with van der Waals surface area (Å²) < 4.78 is 4.95. The van der Waals surface area contributed by atoms with Crippen molar-refractivity contribution in [1.82, 2.24) is 20.8 Å². The SMILES string of the molecule is CCN(CCNC(=NC)NCc1noc(C)n1)c1cccc(C)c1. The fourth-order valence-corrected chi connectivity index (χ4v) is 2.40. The lowest BCUT2D eigenvalue weighted by atomic mass is 10.2. The maximum atomic E-state index is 4.95. The van der Waals surface area contributed by atoms with Gasteiger partial charge in [-0.2, -0.15) is 4.98 Å². The first-order valence-electron chi connectivity index (χ1n) is 8.17. The highest BCUT2D eigenvalue weighted by Gasteiger charge is 2.06. The summed E-state index contributed by atoms with van der Waals surface area (Å²) >= 11 is 0. The van der Waals surface area contributed by atoms with E-state index in [0.717, 1.165) is 25.6 Å². The summed E-state index contributed by atoms with van der Waals surface area (Å²) in [7, 11) is 1.74. The van der Waals surface area contributed by atoms with Crippen LogP contribution in [0.1, 0.15) is 24.2 Å². The topological polar surface area (TPSA) is 78.6 Å². The Kier molecular flexibility index (Phi) is 6.60. The molecular weight excluding hydrogens is 304 g/mol. The van der Waals surface area contributed by atoms with Gasteiger partial charge in [0, 0.05) is 39.3 Å². The molecular formula is C17H26N6O. The van der Waals surface area contributed by atoms with Gasteiger partial charge in [0.05, 0.1) is 6.54 Å². The molecule has 0 bridgehead atoms. The summed E-state index contributed by atoms with van der Waals surface area (Å²) in [4.78, 5) is 10.7. The summed E-state index contributed by atoms with van der Waals surface area (Å²) in [6.45, 7) is 9.16. The fraction of sp³-hybridized carbons (Fsp3) is 0.471. The van der Waals surface area contributed by atoms with Crippen molar-refractivity contribution in [3.63, 3.8) is 0 Å². The Labute approximate surface area is 143 Å². The normalized spacial score (nSPS) is 11.4. The van der Waals surface area contributed by atoms with E-state index in [0.29, 0.717) is 18.3 Å². The second-order valence-corrected chi connectivity index (χ2v) is 5.50. The van der Waals surface area contributed by atoms with Gasteiger partial charge in [0.25, 0.3) is 0 Å². The molecule has 0 unspecified atom stereocenters. The van der Waals surface area contributed by atoms with Crippen LogP contribution in [0.15, 0.2) is 33.8 Å². The second-order valence-electron chi connectivity index (χ2n) is 5.50. The molecule has 2 aromatic rings. The van der Waals surface area contributed by atoms with Crippen molar-refractivity contribution in [2.45, 2.75) is 27.3 Å². The van der Waals surface area contributed by atoms with Crippen LogP contribution in [0.25, 0.3) is 0 Å². The molecule has 0 aliphatic rings. The zero-order chi connectivity index (χ0) is 17.4. The Morgan fingerprint density at radius 3 is 2.75 bits per heavy atom. The summed E-state index contributed by atoms with van der Waals surface area (Å²) in [5, 5.41) is 10.3. The molecule has 0 aliphatic carbocycles. The lowest BCUT2D eigenvalue weighted by Gasteiger charge is -2.24. The first-order chi connectivity index (χ1) is 11.6. The van der Waals surface area contributed by atoms with Crippen molar-refractivity contribution in [3.8, 4) is 0 Å². The Hall–Kier alpha value is -2.57. The van der Waals surface area contributed by atoms with Gasteiger partial charge in [0.1, 0.15) is 0 Å². The molecule has 7 nitrogen and oxygen atoms in total. The summed E-state index contributed by atoms with van der Waals surface area (Å²) in [5.74, 6) is 1.90. The first kappa shape index (κ1) is 17.8. The van der Waals surface area contributed by atoms with Gasteiger partial charge in [-0.25, -0.2) is 0 Å². The number of anilines is 1. The summed E-state index contributed by atoms with van der Waals surface area (Å²) in [5.41, 5.74) is 2.51. The minimum Gasteiger partial charge on any atom is -0.370 e. The highest BCUT2D eigenvalue weighted by molar-refractivity contribution is 5.79. The van der Waals surface area contributed by atoms with E-state index in [2.05, 4.69) is 68.8 Å². The van der Waals surface area contributed by atoms with E-state index in [1.165, 1.54) is 11.3 Å². The molecule has 1 heterocycles. The maximum absolute atomic E-state index is 4.95. The third-order valence-corrected chi connectivity index (χ3v) is 3.63. The average Bonchev–Trinajstić information content (AvgIpc) is 3.00. The third kappa shape index (κ3) is 5.26. The molecule has 2 N–H and O–H groups in total. The second kappa shape index (κ2) is 8.90. The molecule has 7 heteroatoms. The molecule has 1 aromatic heterocycles. The Balaban J connectivity index is 1.80. The van der Waals surface area contributed by atoms with E-state index in [-0.39, 0.29) is 0 Å². The maximum Gasteiger partial charge on any atom is 0.223 e. The summed E-state index contributed by atoms with van der Waals surface area (Å²) in [6.07, 6.45) is 0. The molecule has 0 aliphatic heterocycles. The molecule has 0 amide bonds. The number of likely N-dealkylation sites (N-methyl/N-ethyl adjacent to an activating group) is 1.